The van der Waals surface area contributed by atoms with Crippen LogP contribution in [0, 0.1) is 6.92 Å². The van der Waals surface area contributed by atoms with Crippen LogP contribution in [0.3, 0.4) is 0 Å². The van der Waals surface area contributed by atoms with E-state index in [4.69, 9.17) is 13.9 Å². The van der Waals surface area contributed by atoms with Crippen molar-refractivity contribution in [1.82, 2.24) is 4.98 Å². The van der Waals surface area contributed by atoms with Gasteiger partial charge in [-0.1, -0.05) is 24.3 Å². The van der Waals surface area contributed by atoms with Crippen molar-refractivity contribution in [3.05, 3.63) is 64.0 Å². The van der Waals surface area contributed by atoms with Crippen molar-refractivity contribution in [2.45, 2.75) is 19.4 Å². The van der Waals surface area contributed by atoms with Crippen LogP contribution in [0.4, 0.5) is 6.01 Å². The van der Waals surface area contributed by atoms with Gasteiger partial charge in [0.25, 0.3) is 6.01 Å². The molecule has 3 aromatic rings. The fraction of sp³-hybridized carbons (Fsp3) is 0.250. The molecule has 0 aliphatic carbocycles. The lowest BCUT2D eigenvalue weighted by molar-refractivity contribution is -0.141. The van der Waals surface area contributed by atoms with Crippen LogP contribution in [0.1, 0.15) is 11.1 Å². The normalized spacial score (nSPS) is 11.8. The summed E-state index contributed by atoms with van der Waals surface area (Å²) in [5.41, 5.74) is 1.66. The fourth-order valence-electron chi connectivity index (χ4n) is 2.83. The number of nitrogens with zero attached hydrogens (tertiary/aromatic N) is 1. The van der Waals surface area contributed by atoms with E-state index in [2.05, 4.69) is 10.3 Å². The number of fused-ring (bicyclic) bond motifs is 1. The molecule has 1 aromatic heterocycles. The first-order valence-electron chi connectivity index (χ1n) is 8.39. The lowest BCUT2D eigenvalue weighted by atomic mass is 10.1. The summed E-state index contributed by atoms with van der Waals surface area (Å²) in [5, 5.41) is 3.30. The predicted molar refractivity (Wildman–Crippen MR) is 101 cm³/mol. The number of carbonyl (C=O) groups is 1. The maximum absolute atomic E-state index is 12.3. The van der Waals surface area contributed by atoms with Crippen LogP contribution in [0.5, 0.6) is 5.75 Å². The number of ether oxygens (including phenoxy) is 2. The molecule has 1 heterocycles. The van der Waals surface area contributed by atoms with E-state index in [0.29, 0.717) is 17.3 Å². The number of nitrogens with one attached hydrogen (secondary N) is 1. The monoisotopic (exact) mass is 368 g/mol. The molecule has 0 unspecified atom stereocenters. The topological polar surface area (TPSA) is 90.7 Å². The Morgan fingerprint density at radius 3 is 2.59 bits per heavy atom. The molecule has 0 amide bonds. The van der Waals surface area contributed by atoms with Crippen LogP contribution < -0.4 is 15.7 Å². The van der Waals surface area contributed by atoms with Gasteiger partial charge >= 0.3 is 11.6 Å². The molecule has 0 aliphatic heterocycles. The highest BCUT2D eigenvalue weighted by Gasteiger charge is 2.22. The third-order valence-electron chi connectivity index (χ3n) is 4.25. The van der Waals surface area contributed by atoms with Gasteiger partial charge in [0.2, 0.25) is 0 Å². The van der Waals surface area contributed by atoms with E-state index in [1.165, 1.54) is 7.11 Å². The third-order valence-corrected chi connectivity index (χ3v) is 4.25. The van der Waals surface area contributed by atoms with Crippen LogP contribution in [0.2, 0.25) is 0 Å². The quantitative estimate of drug-likeness (QED) is 0.669. The van der Waals surface area contributed by atoms with E-state index in [1.807, 2.05) is 31.2 Å². The second kappa shape index (κ2) is 7.90. The van der Waals surface area contributed by atoms with Crippen molar-refractivity contribution in [2.24, 2.45) is 0 Å². The third kappa shape index (κ3) is 4.08. The summed E-state index contributed by atoms with van der Waals surface area (Å²) in [5.74, 6) is 0.235. The Kier molecular flexibility index (Phi) is 5.40. The summed E-state index contributed by atoms with van der Waals surface area (Å²) >= 11 is 0. The number of aromatic nitrogens is 1. The van der Waals surface area contributed by atoms with Crippen LogP contribution in [0.25, 0.3) is 10.9 Å². The van der Waals surface area contributed by atoms with E-state index in [1.54, 1.807) is 25.3 Å². The van der Waals surface area contributed by atoms with Crippen LogP contribution in [-0.2, 0) is 16.0 Å². The highest BCUT2D eigenvalue weighted by molar-refractivity contribution is 5.82. The molecule has 3 rings (SSSR count). The molecule has 140 valence electrons. The highest BCUT2D eigenvalue weighted by Crippen LogP contribution is 2.17. The standard InChI is InChI=1S/C20H20N2O5/c1-12-5-4-6-15-17(12)19(24)27-20(21-15)22-16(18(23)26-3)11-13-7-9-14(25-2)10-8-13/h4-10,16H,11H2,1-3H3,(H,21,22)/t16-/m0/s1. The number of methoxy groups -OCH3 is 2. The molecule has 2 aromatic carbocycles. The second-order valence-electron chi connectivity index (χ2n) is 6.05. The van der Waals surface area contributed by atoms with Gasteiger partial charge in [-0.15, -0.1) is 0 Å². The molecule has 7 nitrogen and oxygen atoms in total. The summed E-state index contributed by atoms with van der Waals surface area (Å²) in [6.45, 7) is 1.81. The van der Waals surface area contributed by atoms with Gasteiger partial charge in [-0.3, -0.25) is 0 Å². The van der Waals surface area contributed by atoms with Crippen molar-refractivity contribution < 1.29 is 18.7 Å². The summed E-state index contributed by atoms with van der Waals surface area (Å²) in [6.07, 6.45) is 0.327. The van der Waals surface area contributed by atoms with Crippen molar-refractivity contribution in [3.8, 4) is 5.75 Å². The molecule has 0 radical (unpaired) electrons. The average molecular weight is 368 g/mol. The van der Waals surface area contributed by atoms with Gasteiger partial charge < -0.3 is 19.2 Å². The Morgan fingerprint density at radius 1 is 1.19 bits per heavy atom. The fourth-order valence-corrected chi connectivity index (χ4v) is 2.83. The van der Waals surface area contributed by atoms with Gasteiger partial charge in [0.05, 0.1) is 25.1 Å². The minimum atomic E-state index is -0.763. The molecule has 27 heavy (non-hydrogen) atoms. The molecule has 0 bridgehead atoms. The number of hydrogen-bond acceptors (Lipinski definition) is 7. The van der Waals surface area contributed by atoms with Gasteiger partial charge in [-0.25, -0.2) is 9.59 Å². The Labute approximate surface area is 155 Å². The van der Waals surface area contributed by atoms with Gasteiger partial charge in [-0.05, 0) is 36.2 Å². The molecule has 7 heteroatoms. The second-order valence-corrected chi connectivity index (χ2v) is 6.05. The number of benzene rings is 2. The van der Waals surface area contributed by atoms with E-state index in [0.717, 1.165) is 16.9 Å². The summed E-state index contributed by atoms with van der Waals surface area (Å²) in [7, 11) is 2.89. The first kappa shape index (κ1) is 18.4. The first-order chi connectivity index (χ1) is 13.0. The van der Waals surface area contributed by atoms with E-state index in [9.17, 15) is 9.59 Å². The number of esters is 1. The maximum Gasteiger partial charge on any atom is 0.348 e. The van der Waals surface area contributed by atoms with Crippen LogP contribution in [-0.4, -0.2) is 31.2 Å². The molecule has 1 atom stereocenters. The van der Waals surface area contributed by atoms with Crippen molar-refractivity contribution in [1.29, 1.82) is 0 Å². The average Bonchev–Trinajstić information content (AvgIpc) is 2.67. The zero-order chi connectivity index (χ0) is 19.4. The van der Waals surface area contributed by atoms with Crippen molar-refractivity contribution >= 4 is 22.9 Å². The Balaban J connectivity index is 1.89. The first-order valence-corrected chi connectivity index (χ1v) is 8.39. The van der Waals surface area contributed by atoms with Gasteiger partial charge in [0.15, 0.2) is 0 Å². The van der Waals surface area contributed by atoms with Crippen LogP contribution in [0.15, 0.2) is 51.7 Å². The molecule has 0 fully saturated rings. The lowest BCUT2D eigenvalue weighted by Gasteiger charge is -2.16. The highest BCUT2D eigenvalue weighted by atomic mass is 16.5. The minimum absolute atomic E-state index is 0.0259. The minimum Gasteiger partial charge on any atom is -0.497 e. The summed E-state index contributed by atoms with van der Waals surface area (Å²) in [6, 6.07) is 11.9. The largest absolute Gasteiger partial charge is 0.497 e. The number of anilines is 1. The Bertz CT molecular complexity index is 1010. The summed E-state index contributed by atoms with van der Waals surface area (Å²) in [4.78, 5) is 28.8. The SMILES string of the molecule is COC(=O)[C@H](Cc1ccc(OC)cc1)Nc1nc2cccc(C)c2c(=O)o1. The molecular weight excluding hydrogens is 348 g/mol. The maximum atomic E-state index is 12.3. The zero-order valence-corrected chi connectivity index (χ0v) is 15.3. The van der Waals surface area contributed by atoms with E-state index in [-0.39, 0.29) is 6.01 Å². The molecular formula is C20H20N2O5. The molecule has 0 aliphatic rings. The van der Waals surface area contributed by atoms with E-state index >= 15 is 0 Å². The molecule has 0 saturated heterocycles. The predicted octanol–water partition coefficient (Wildman–Crippen LogP) is 2.70. The molecule has 0 spiro atoms. The zero-order valence-electron chi connectivity index (χ0n) is 15.3. The van der Waals surface area contributed by atoms with Crippen molar-refractivity contribution in [2.75, 3.05) is 19.5 Å². The Morgan fingerprint density at radius 2 is 1.93 bits per heavy atom. The van der Waals surface area contributed by atoms with Crippen LogP contribution >= 0.6 is 0 Å². The van der Waals surface area contributed by atoms with Gasteiger partial charge in [0.1, 0.15) is 11.8 Å². The number of hydrogen-bond donors (Lipinski definition) is 1. The Hall–Kier alpha value is -3.35. The molecule has 1 N–H and O–H groups in total. The number of rotatable bonds is 6. The van der Waals surface area contributed by atoms with Gasteiger partial charge in [-0.2, -0.15) is 4.98 Å². The number of carbonyl (C=O) groups excluding carboxylic acids is 1. The smallest absolute Gasteiger partial charge is 0.348 e. The summed E-state index contributed by atoms with van der Waals surface area (Å²) < 4.78 is 15.3. The number of aryl methyl sites for hydroxylation is 1. The molecule has 0 saturated carbocycles. The van der Waals surface area contributed by atoms with Crippen molar-refractivity contribution in [3.63, 3.8) is 0 Å². The van der Waals surface area contributed by atoms with E-state index < -0.39 is 17.6 Å². The van der Waals surface area contributed by atoms with Gasteiger partial charge in [0, 0.05) is 6.42 Å². The lowest BCUT2D eigenvalue weighted by Crippen LogP contribution is -2.33.